The minimum Gasteiger partial charge on any atom is -0.273 e. The molecule has 0 aromatic heterocycles. The van der Waals surface area contributed by atoms with Crippen LogP contribution in [0.3, 0.4) is 0 Å². The molecule has 8 heteroatoms. The van der Waals surface area contributed by atoms with Crippen LogP contribution >= 0.6 is 0 Å². The van der Waals surface area contributed by atoms with E-state index in [1.54, 1.807) is 0 Å². The van der Waals surface area contributed by atoms with Crippen LogP contribution in [-0.4, -0.2) is 25.5 Å². The molecule has 0 fully saturated rings. The molecule has 0 N–H and O–H groups in total. The van der Waals surface area contributed by atoms with Crippen LogP contribution in [0.15, 0.2) is 24.3 Å². The Morgan fingerprint density at radius 1 is 1.00 bits per heavy atom. The molecule has 0 heterocycles. The van der Waals surface area contributed by atoms with Gasteiger partial charge < -0.3 is 0 Å². The average molecular weight is 384 g/mol. The van der Waals surface area contributed by atoms with E-state index in [4.69, 9.17) is 0 Å². The van der Waals surface area contributed by atoms with Gasteiger partial charge in [-0.15, -0.1) is 0 Å². The van der Waals surface area contributed by atoms with Crippen LogP contribution in [0.4, 0.5) is 11.4 Å². The lowest BCUT2D eigenvalue weighted by molar-refractivity contribution is -0.384. The van der Waals surface area contributed by atoms with E-state index in [2.05, 4.69) is 6.92 Å². The van der Waals surface area contributed by atoms with E-state index < -0.39 is 20.9 Å². The van der Waals surface area contributed by atoms with Crippen LogP contribution in [0.1, 0.15) is 64.7 Å². The van der Waals surface area contributed by atoms with Gasteiger partial charge in [0.1, 0.15) is 0 Å². The Hall–Kier alpha value is -1.96. The van der Waals surface area contributed by atoms with Crippen LogP contribution in [0.5, 0.6) is 0 Å². The van der Waals surface area contributed by atoms with E-state index in [-0.39, 0.29) is 17.8 Å². The molecule has 1 aromatic rings. The van der Waals surface area contributed by atoms with Crippen molar-refractivity contribution in [1.82, 2.24) is 0 Å². The fourth-order valence-corrected chi connectivity index (χ4v) is 3.71. The molecule has 0 aliphatic rings. The number of nitro groups is 1. The van der Waals surface area contributed by atoms with Gasteiger partial charge in [0.15, 0.2) is 0 Å². The summed E-state index contributed by atoms with van der Waals surface area (Å²) in [7, 11) is -3.79. The van der Waals surface area contributed by atoms with Gasteiger partial charge in [-0.1, -0.05) is 51.9 Å². The molecule has 0 radical (unpaired) electrons. The fourth-order valence-electron chi connectivity index (χ4n) is 2.74. The standard InChI is InChI=1S/C18H28N2O5S/c1-3-4-5-6-7-8-9-10-11-18(21)19(26(2,24)25)16-12-14-17(15-13-16)20(22)23/h12-15H,3-11H2,1-2H3. The lowest BCUT2D eigenvalue weighted by Crippen LogP contribution is -2.36. The van der Waals surface area contributed by atoms with Gasteiger partial charge in [0, 0.05) is 18.6 Å². The second-order valence-electron chi connectivity index (χ2n) is 6.42. The van der Waals surface area contributed by atoms with E-state index >= 15 is 0 Å². The Bertz CT molecular complexity index is 686. The van der Waals surface area contributed by atoms with Gasteiger partial charge in [-0.2, -0.15) is 0 Å². The van der Waals surface area contributed by atoms with Crippen molar-refractivity contribution in [2.24, 2.45) is 0 Å². The van der Waals surface area contributed by atoms with E-state index in [1.165, 1.54) is 49.9 Å². The number of anilines is 1. The highest BCUT2D eigenvalue weighted by atomic mass is 32.2. The molecular weight excluding hydrogens is 356 g/mol. The molecule has 146 valence electrons. The Balaban J connectivity index is 2.59. The summed E-state index contributed by atoms with van der Waals surface area (Å²) in [5.41, 5.74) is -0.0274. The number of nitro benzene ring substituents is 1. The molecule has 0 saturated heterocycles. The first-order valence-electron chi connectivity index (χ1n) is 9.05. The van der Waals surface area contributed by atoms with Crippen molar-refractivity contribution >= 4 is 27.3 Å². The van der Waals surface area contributed by atoms with Crippen molar-refractivity contribution in [2.75, 3.05) is 10.6 Å². The second-order valence-corrected chi connectivity index (χ2v) is 8.25. The SMILES string of the molecule is CCCCCCCCCCC(=O)N(c1ccc([N+](=O)[O-])cc1)S(C)(=O)=O. The van der Waals surface area contributed by atoms with E-state index in [9.17, 15) is 23.3 Å². The largest absolute Gasteiger partial charge is 0.273 e. The fraction of sp³-hybridized carbons (Fsp3) is 0.611. The zero-order valence-corrected chi connectivity index (χ0v) is 16.3. The summed E-state index contributed by atoms with van der Waals surface area (Å²) in [5, 5.41) is 10.7. The topological polar surface area (TPSA) is 97.6 Å². The van der Waals surface area contributed by atoms with Crippen molar-refractivity contribution in [3.05, 3.63) is 34.4 Å². The Morgan fingerprint density at radius 3 is 1.96 bits per heavy atom. The van der Waals surface area contributed by atoms with E-state index in [0.717, 1.165) is 29.8 Å². The Morgan fingerprint density at radius 2 is 1.50 bits per heavy atom. The third-order valence-corrected chi connectivity index (χ3v) is 5.18. The van der Waals surface area contributed by atoms with Crippen LogP contribution in [0.25, 0.3) is 0 Å². The summed E-state index contributed by atoms with van der Waals surface area (Å²) >= 11 is 0. The number of hydrogen-bond donors (Lipinski definition) is 0. The lowest BCUT2D eigenvalue weighted by Gasteiger charge is -2.20. The number of nitrogens with zero attached hydrogens (tertiary/aromatic N) is 2. The van der Waals surface area contributed by atoms with Gasteiger partial charge in [-0.05, 0) is 18.6 Å². The summed E-state index contributed by atoms with van der Waals surface area (Å²) in [6.45, 7) is 2.17. The molecule has 0 spiro atoms. The van der Waals surface area contributed by atoms with Crippen LogP contribution in [0, 0.1) is 10.1 Å². The highest BCUT2D eigenvalue weighted by Gasteiger charge is 2.25. The summed E-state index contributed by atoms with van der Waals surface area (Å²) in [5.74, 6) is -0.507. The first-order chi connectivity index (χ1) is 12.3. The predicted molar refractivity (Wildman–Crippen MR) is 103 cm³/mol. The van der Waals surface area contributed by atoms with Gasteiger partial charge in [0.2, 0.25) is 15.9 Å². The molecule has 0 aliphatic carbocycles. The maximum absolute atomic E-state index is 12.4. The van der Waals surface area contributed by atoms with Gasteiger partial charge in [-0.3, -0.25) is 14.9 Å². The maximum Gasteiger partial charge on any atom is 0.269 e. The number of benzene rings is 1. The normalized spacial score (nSPS) is 11.3. The monoisotopic (exact) mass is 384 g/mol. The molecule has 0 saturated carbocycles. The summed E-state index contributed by atoms with van der Waals surface area (Å²) in [4.78, 5) is 22.5. The predicted octanol–water partition coefficient (Wildman–Crippen LogP) is 4.42. The zero-order valence-electron chi connectivity index (χ0n) is 15.5. The number of hydrogen-bond acceptors (Lipinski definition) is 5. The third-order valence-electron chi connectivity index (χ3n) is 4.10. The van der Waals surface area contributed by atoms with Crippen molar-refractivity contribution in [2.45, 2.75) is 64.7 Å². The number of sulfonamides is 1. The molecular formula is C18H28N2O5S. The number of rotatable bonds is 12. The lowest BCUT2D eigenvalue weighted by atomic mass is 10.1. The molecule has 1 aromatic carbocycles. The Kier molecular flexibility index (Phi) is 9.26. The molecule has 1 amide bonds. The van der Waals surface area contributed by atoms with Gasteiger partial charge in [0.05, 0.1) is 16.9 Å². The van der Waals surface area contributed by atoms with E-state index in [1.807, 2.05) is 0 Å². The van der Waals surface area contributed by atoms with Gasteiger partial charge in [-0.25, -0.2) is 12.7 Å². The van der Waals surface area contributed by atoms with Crippen molar-refractivity contribution in [1.29, 1.82) is 0 Å². The van der Waals surface area contributed by atoms with E-state index in [0.29, 0.717) is 6.42 Å². The van der Waals surface area contributed by atoms with Crippen LogP contribution in [-0.2, 0) is 14.8 Å². The van der Waals surface area contributed by atoms with Crippen molar-refractivity contribution in [3.63, 3.8) is 0 Å². The number of non-ortho nitro benzene ring substituents is 1. The highest BCUT2D eigenvalue weighted by Crippen LogP contribution is 2.23. The van der Waals surface area contributed by atoms with Crippen LogP contribution in [0.2, 0.25) is 0 Å². The third kappa shape index (κ3) is 7.51. The second kappa shape index (κ2) is 10.9. The summed E-state index contributed by atoms with van der Waals surface area (Å²) < 4.78 is 24.7. The number of unbranched alkanes of at least 4 members (excludes halogenated alkanes) is 7. The Labute approximate surface area is 155 Å². The smallest absolute Gasteiger partial charge is 0.269 e. The minimum atomic E-state index is -3.79. The van der Waals surface area contributed by atoms with Crippen molar-refractivity contribution < 1.29 is 18.1 Å². The molecule has 1 rings (SSSR count). The molecule has 26 heavy (non-hydrogen) atoms. The quantitative estimate of drug-likeness (QED) is 0.302. The molecule has 7 nitrogen and oxygen atoms in total. The van der Waals surface area contributed by atoms with Crippen LogP contribution < -0.4 is 4.31 Å². The average Bonchev–Trinajstić information content (AvgIpc) is 2.56. The van der Waals surface area contributed by atoms with Crippen molar-refractivity contribution in [3.8, 4) is 0 Å². The zero-order chi connectivity index (χ0) is 19.6. The first-order valence-corrected chi connectivity index (χ1v) is 10.9. The number of carbonyl (C=O) groups is 1. The van der Waals surface area contributed by atoms with Gasteiger partial charge in [0.25, 0.3) is 5.69 Å². The number of carbonyl (C=O) groups excluding carboxylic acids is 1. The highest BCUT2D eigenvalue weighted by molar-refractivity contribution is 7.92. The number of amides is 1. The molecule has 0 atom stereocenters. The maximum atomic E-state index is 12.4. The summed E-state index contributed by atoms with van der Waals surface area (Å²) in [6, 6.07) is 4.95. The minimum absolute atomic E-state index is 0.127. The molecule has 0 unspecified atom stereocenters. The molecule has 0 aliphatic heterocycles. The summed E-state index contributed by atoms with van der Waals surface area (Å²) in [6.07, 6.45) is 9.66. The van der Waals surface area contributed by atoms with Gasteiger partial charge >= 0.3 is 0 Å². The first kappa shape index (κ1) is 22.1. The molecule has 0 bridgehead atoms.